The third-order valence-corrected chi connectivity index (χ3v) is 4.82. The number of hydrogen-bond acceptors (Lipinski definition) is 7. The Morgan fingerprint density at radius 2 is 2.09 bits per heavy atom. The molecule has 9 heteroatoms. The van der Waals surface area contributed by atoms with Crippen LogP contribution in [0, 0.1) is 11.7 Å². The maximum atomic E-state index is 13.2. The van der Waals surface area contributed by atoms with E-state index in [0.717, 1.165) is 5.39 Å². The molecule has 1 saturated heterocycles. The van der Waals surface area contributed by atoms with Crippen LogP contribution in [0.1, 0.15) is 5.56 Å². The highest BCUT2D eigenvalue weighted by Crippen LogP contribution is 2.29. The van der Waals surface area contributed by atoms with Crippen LogP contribution < -0.4 is 0 Å². The number of pyridine rings is 1. The summed E-state index contributed by atoms with van der Waals surface area (Å²) in [6.45, 7) is 0.621. The van der Waals surface area contributed by atoms with Gasteiger partial charge in [-0.2, -0.15) is 0 Å². The molecule has 1 aliphatic heterocycles. The molecule has 0 saturated carbocycles. The van der Waals surface area contributed by atoms with Gasteiger partial charge in [-0.15, -0.1) is 0 Å². The van der Waals surface area contributed by atoms with Crippen LogP contribution in [0.25, 0.3) is 17.1 Å². The fourth-order valence-electron chi connectivity index (χ4n) is 3.16. The van der Waals surface area contributed by atoms with Crippen LogP contribution in [0.3, 0.4) is 0 Å². The number of nitrogens with zero attached hydrogens (tertiary/aromatic N) is 3. The molecule has 4 rings (SSSR count). The Labute approximate surface area is 183 Å². The number of likely N-dealkylation sites (N-methyl/N-ethyl adjacent to an activating group) is 1. The topological polar surface area (TPSA) is 96.9 Å². The molecule has 3 heterocycles. The molecule has 3 aromatic rings. The number of Topliss-reactive ketones (excluding diaryl/α,β-unsaturated/α-hetero) is 1. The van der Waals surface area contributed by atoms with E-state index >= 15 is 0 Å². The molecule has 1 unspecified atom stereocenters. The van der Waals surface area contributed by atoms with Gasteiger partial charge in [-0.25, -0.2) is 14.4 Å². The fourth-order valence-corrected chi connectivity index (χ4v) is 3.16. The normalized spacial score (nSPS) is 18.6. The largest absolute Gasteiger partial charge is 0.463 e. The second-order valence-electron chi connectivity index (χ2n) is 7.45. The number of fused-ring (bicyclic) bond motifs is 1. The van der Waals surface area contributed by atoms with Crippen molar-refractivity contribution in [1.29, 1.82) is 0 Å². The van der Waals surface area contributed by atoms with Crippen LogP contribution in [-0.4, -0.2) is 59.8 Å². The van der Waals surface area contributed by atoms with Crippen molar-refractivity contribution in [2.75, 3.05) is 27.2 Å². The molecule has 0 bridgehead atoms. The molecular formula is C23H21FN4O4. The molecule has 2 aromatic heterocycles. The van der Waals surface area contributed by atoms with Crippen LogP contribution in [0.5, 0.6) is 0 Å². The number of allylic oxidation sites excluding steroid dienone is 1. The summed E-state index contributed by atoms with van der Waals surface area (Å²) in [5, 5.41) is 0.797. The maximum Gasteiger partial charge on any atom is 0.326 e. The summed E-state index contributed by atoms with van der Waals surface area (Å²) in [7, 11) is 3.69. The summed E-state index contributed by atoms with van der Waals surface area (Å²) in [5.74, 6) is -3.21. The number of ether oxygens (including phenoxy) is 2. The van der Waals surface area contributed by atoms with Gasteiger partial charge in [0.15, 0.2) is 11.7 Å². The Bertz CT molecular complexity index is 1210. The van der Waals surface area contributed by atoms with Crippen molar-refractivity contribution in [2.45, 2.75) is 0 Å². The molecule has 0 radical (unpaired) electrons. The lowest BCUT2D eigenvalue weighted by molar-refractivity contribution is -0.148. The van der Waals surface area contributed by atoms with E-state index in [1.165, 1.54) is 30.3 Å². The number of halogens is 1. The van der Waals surface area contributed by atoms with Gasteiger partial charge in [-0.05, 0) is 56.6 Å². The van der Waals surface area contributed by atoms with Crippen molar-refractivity contribution in [1.82, 2.24) is 14.9 Å². The van der Waals surface area contributed by atoms with E-state index in [9.17, 15) is 14.0 Å². The number of carbonyl (C=O) groups excluding carboxylic acids is 2. The molecule has 0 aliphatic carbocycles. The van der Waals surface area contributed by atoms with Crippen molar-refractivity contribution < 1.29 is 23.5 Å². The molecule has 1 aromatic carbocycles. The first kappa shape index (κ1) is 21.4. The summed E-state index contributed by atoms with van der Waals surface area (Å²) in [4.78, 5) is 39.2. The van der Waals surface area contributed by atoms with E-state index in [-0.39, 0.29) is 18.3 Å². The zero-order chi connectivity index (χ0) is 22.7. The second-order valence-corrected chi connectivity index (χ2v) is 7.45. The molecule has 1 atom stereocenters. The number of aromatic amines is 1. The van der Waals surface area contributed by atoms with E-state index < -0.39 is 23.5 Å². The molecule has 164 valence electrons. The molecule has 32 heavy (non-hydrogen) atoms. The summed E-state index contributed by atoms with van der Waals surface area (Å²) < 4.78 is 24.2. The highest BCUT2D eigenvalue weighted by atomic mass is 19.1. The first-order valence-electron chi connectivity index (χ1n) is 9.94. The van der Waals surface area contributed by atoms with E-state index in [1.807, 2.05) is 25.1 Å². The maximum absolute atomic E-state index is 13.2. The smallest absolute Gasteiger partial charge is 0.326 e. The number of carbonyl (C=O) groups is 2. The Balaban J connectivity index is 1.67. The Hall–Kier alpha value is -3.85. The van der Waals surface area contributed by atoms with Crippen molar-refractivity contribution in [3.63, 3.8) is 0 Å². The number of hydrogen-bond donors (Lipinski definition) is 1. The standard InChI is InChI=1S/C23H21FN4O4/c1-28(2)10-11-31-23(30)19-20(29)18(12-14-13-26-21-17(14)4-3-9-25-21)32-22(19)27-16-7-5-15(24)6-8-16/h3-9,12-13,19H,10-11H2,1-2H3,(H,25,26)/b18-12-,27-22?. The van der Waals surface area contributed by atoms with Crippen LogP contribution in [0.4, 0.5) is 10.1 Å². The molecule has 1 fully saturated rings. The van der Waals surface area contributed by atoms with Gasteiger partial charge in [0, 0.05) is 29.9 Å². The number of esters is 1. The van der Waals surface area contributed by atoms with Gasteiger partial charge < -0.3 is 19.4 Å². The number of ketones is 1. The zero-order valence-electron chi connectivity index (χ0n) is 17.5. The van der Waals surface area contributed by atoms with Gasteiger partial charge >= 0.3 is 5.97 Å². The number of benzene rings is 1. The average Bonchev–Trinajstić information content (AvgIpc) is 3.31. The van der Waals surface area contributed by atoms with Gasteiger partial charge in [-0.3, -0.25) is 9.59 Å². The Morgan fingerprint density at radius 3 is 2.84 bits per heavy atom. The minimum atomic E-state index is -1.34. The van der Waals surface area contributed by atoms with Crippen molar-refractivity contribution in [3.05, 3.63) is 65.9 Å². The Morgan fingerprint density at radius 1 is 1.31 bits per heavy atom. The highest BCUT2D eigenvalue weighted by Gasteiger charge is 2.44. The predicted molar refractivity (Wildman–Crippen MR) is 117 cm³/mol. The minimum absolute atomic E-state index is 0.0369. The van der Waals surface area contributed by atoms with Crippen molar-refractivity contribution in [3.8, 4) is 0 Å². The quantitative estimate of drug-likeness (QED) is 0.362. The zero-order valence-corrected chi connectivity index (χ0v) is 17.5. The van der Waals surface area contributed by atoms with E-state index in [0.29, 0.717) is 23.4 Å². The summed E-state index contributed by atoms with van der Waals surface area (Å²) >= 11 is 0. The number of H-pyrrole nitrogens is 1. The molecular weight excluding hydrogens is 415 g/mol. The molecule has 8 nitrogen and oxygen atoms in total. The van der Waals surface area contributed by atoms with E-state index in [4.69, 9.17) is 9.47 Å². The van der Waals surface area contributed by atoms with Crippen molar-refractivity contribution >= 4 is 40.4 Å². The van der Waals surface area contributed by atoms with Gasteiger partial charge in [0.1, 0.15) is 18.1 Å². The lowest BCUT2D eigenvalue weighted by atomic mass is 10.0. The molecule has 1 N–H and O–H groups in total. The lowest BCUT2D eigenvalue weighted by Crippen LogP contribution is -2.30. The molecule has 0 spiro atoms. The second kappa shape index (κ2) is 9.11. The summed E-state index contributed by atoms with van der Waals surface area (Å²) in [5.41, 5.74) is 1.68. The fraction of sp³-hybridized carbons (Fsp3) is 0.217. The SMILES string of the molecule is CN(C)CCOC(=O)C1C(=O)/C(=C/c2c[nH]c3ncccc23)OC1=Nc1ccc(F)cc1. The summed E-state index contributed by atoms with van der Waals surface area (Å²) in [6.07, 6.45) is 4.89. The first-order valence-corrected chi connectivity index (χ1v) is 9.94. The molecule has 0 amide bonds. The number of aromatic nitrogens is 2. The summed E-state index contributed by atoms with van der Waals surface area (Å²) in [6, 6.07) is 8.95. The van der Waals surface area contributed by atoms with Gasteiger partial charge in [-0.1, -0.05) is 0 Å². The highest BCUT2D eigenvalue weighted by molar-refractivity contribution is 6.27. The first-order chi connectivity index (χ1) is 15.4. The lowest BCUT2D eigenvalue weighted by Gasteiger charge is -2.11. The van der Waals surface area contributed by atoms with Crippen molar-refractivity contribution in [2.24, 2.45) is 10.9 Å². The van der Waals surface area contributed by atoms with Crippen LogP contribution >= 0.6 is 0 Å². The molecule has 1 aliphatic rings. The van der Waals surface area contributed by atoms with Crippen LogP contribution in [0.2, 0.25) is 0 Å². The third-order valence-electron chi connectivity index (χ3n) is 4.82. The van der Waals surface area contributed by atoms with Crippen LogP contribution in [0.15, 0.2) is 59.5 Å². The number of aliphatic imine (C=N–C) groups is 1. The number of nitrogens with one attached hydrogen (secondary N) is 1. The third kappa shape index (κ3) is 4.57. The Kier molecular flexibility index (Phi) is 6.09. The van der Waals surface area contributed by atoms with E-state index in [1.54, 1.807) is 18.5 Å². The van der Waals surface area contributed by atoms with Gasteiger partial charge in [0.2, 0.25) is 11.7 Å². The predicted octanol–water partition coefficient (Wildman–Crippen LogP) is 3.09. The van der Waals surface area contributed by atoms with Gasteiger partial charge in [0.05, 0.1) is 5.69 Å². The minimum Gasteiger partial charge on any atom is -0.463 e. The van der Waals surface area contributed by atoms with Gasteiger partial charge in [0.25, 0.3) is 0 Å². The van der Waals surface area contributed by atoms with E-state index in [2.05, 4.69) is 15.0 Å². The van der Waals surface area contributed by atoms with Crippen LogP contribution in [-0.2, 0) is 19.1 Å². The average molecular weight is 436 g/mol. The monoisotopic (exact) mass is 436 g/mol. The number of rotatable bonds is 6.